The average Bonchev–Trinajstić information content (AvgIpc) is 2.01. The first-order valence-electron chi connectivity index (χ1n) is 4.50. The highest BCUT2D eigenvalue weighted by Crippen LogP contribution is 2.12. The monoisotopic (exact) mass is 236 g/mol. The van der Waals surface area contributed by atoms with Crippen molar-refractivity contribution >= 4 is 26.9 Å². The topological polar surface area (TPSA) is 27.7 Å². The quantitative estimate of drug-likeness (QED) is 0.651. The summed E-state index contributed by atoms with van der Waals surface area (Å²) in [6.45, 7) is 12.2. The Bertz CT molecular complexity index is 151. The van der Waals surface area contributed by atoms with Crippen LogP contribution in [0, 0.1) is 0 Å². The summed E-state index contributed by atoms with van der Waals surface area (Å²) in [5.74, 6) is 0. The predicted octanol–water partition coefficient (Wildman–Crippen LogP) is 1.30. The van der Waals surface area contributed by atoms with Crippen LogP contribution in [0.2, 0.25) is 26.2 Å². The Balaban J connectivity index is 4.39. The van der Waals surface area contributed by atoms with Gasteiger partial charge in [0.15, 0.2) is 18.1 Å². The van der Waals surface area contributed by atoms with Crippen molar-refractivity contribution < 1.29 is 12.7 Å². The van der Waals surface area contributed by atoms with Gasteiger partial charge in [0.1, 0.15) is 0 Å². The Morgan fingerprint density at radius 3 is 1.62 bits per heavy atom. The Morgan fingerprint density at radius 2 is 1.46 bits per heavy atom. The summed E-state index contributed by atoms with van der Waals surface area (Å²) < 4.78 is 16.9. The minimum Gasteiger partial charge on any atom is -0.416 e. The molecular formula is C7H20O3Si3. The summed E-state index contributed by atoms with van der Waals surface area (Å²) in [5.41, 5.74) is 1.73. The lowest BCUT2D eigenvalue weighted by Crippen LogP contribution is -2.48. The SMILES string of the molecule is C=C[Si](OC)(O[SiH](C)C)O[SiH](C)C. The summed E-state index contributed by atoms with van der Waals surface area (Å²) >= 11 is 0. The van der Waals surface area contributed by atoms with Crippen LogP contribution in [0.15, 0.2) is 12.3 Å². The van der Waals surface area contributed by atoms with Crippen LogP contribution in [0.25, 0.3) is 0 Å². The molecule has 6 heteroatoms. The van der Waals surface area contributed by atoms with E-state index in [0.717, 1.165) is 0 Å². The van der Waals surface area contributed by atoms with Gasteiger partial charge < -0.3 is 12.7 Å². The zero-order chi connectivity index (χ0) is 10.5. The van der Waals surface area contributed by atoms with E-state index in [9.17, 15) is 0 Å². The highest BCUT2D eigenvalue weighted by atomic mass is 28.5. The van der Waals surface area contributed by atoms with E-state index in [1.54, 1.807) is 12.8 Å². The predicted molar refractivity (Wildman–Crippen MR) is 62.9 cm³/mol. The van der Waals surface area contributed by atoms with Gasteiger partial charge in [-0.15, -0.1) is 0 Å². The summed E-state index contributed by atoms with van der Waals surface area (Å²) in [6, 6.07) is 0. The van der Waals surface area contributed by atoms with Crippen molar-refractivity contribution in [1.29, 1.82) is 0 Å². The van der Waals surface area contributed by atoms with Crippen molar-refractivity contribution in [1.82, 2.24) is 0 Å². The average molecular weight is 236 g/mol. The molecule has 13 heavy (non-hydrogen) atoms. The molecule has 0 aliphatic carbocycles. The molecule has 0 N–H and O–H groups in total. The van der Waals surface area contributed by atoms with Gasteiger partial charge in [0.25, 0.3) is 0 Å². The maximum absolute atomic E-state index is 5.80. The van der Waals surface area contributed by atoms with Crippen LogP contribution in [0.1, 0.15) is 0 Å². The largest absolute Gasteiger partial charge is 0.507 e. The fraction of sp³-hybridized carbons (Fsp3) is 0.714. The van der Waals surface area contributed by atoms with Crippen LogP contribution >= 0.6 is 0 Å². The molecule has 0 aromatic heterocycles. The van der Waals surface area contributed by atoms with Gasteiger partial charge in [0.05, 0.1) is 0 Å². The Kier molecular flexibility index (Phi) is 6.01. The molecule has 0 aromatic carbocycles. The first-order chi connectivity index (χ1) is 5.95. The van der Waals surface area contributed by atoms with Crippen LogP contribution in [-0.4, -0.2) is 34.0 Å². The molecule has 78 valence electrons. The number of rotatable bonds is 6. The number of hydrogen-bond donors (Lipinski definition) is 0. The number of hydrogen-bond acceptors (Lipinski definition) is 3. The third-order valence-corrected chi connectivity index (χ3v) is 8.80. The van der Waals surface area contributed by atoms with E-state index in [-0.39, 0.29) is 0 Å². The van der Waals surface area contributed by atoms with Crippen molar-refractivity contribution in [3.63, 3.8) is 0 Å². The summed E-state index contributed by atoms with van der Waals surface area (Å²) in [6.07, 6.45) is 0. The minimum atomic E-state index is -2.48. The normalized spacial score (nSPS) is 12.5. The fourth-order valence-electron chi connectivity index (χ4n) is 0.961. The molecule has 0 bridgehead atoms. The third kappa shape index (κ3) is 4.89. The van der Waals surface area contributed by atoms with Crippen molar-refractivity contribution in [2.75, 3.05) is 7.11 Å². The van der Waals surface area contributed by atoms with Gasteiger partial charge in [0, 0.05) is 7.11 Å². The van der Waals surface area contributed by atoms with E-state index in [1.807, 2.05) is 0 Å². The molecule has 0 radical (unpaired) electrons. The standard InChI is InChI=1S/C7H20O3Si3/c1-7-13(8-2,9-11(3)4)10-12(5)6/h7,11-12H,1H2,2-6H3. The molecule has 0 unspecified atom stereocenters. The molecule has 0 heterocycles. The Labute approximate surface area is 85.5 Å². The highest BCUT2D eigenvalue weighted by molar-refractivity contribution is 6.78. The van der Waals surface area contributed by atoms with Crippen molar-refractivity contribution in [3.8, 4) is 0 Å². The zero-order valence-electron chi connectivity index (χ0n) is 9.16. The molecule has 0 amide bonds. The van der Waals surface area contributed by atoms with E-state index in [1.165, 1.54) is 0 Å². The van der Waals surface area contributed by atoms with E-state index in [2.05, 4.69) is 32.8 Å². The van der Waals surface area contributed by atoms with Gasteiger partial charge in [-0.05, 0) is 31.9 Å². The molecule has 0 rings (SSSR count). The van der Waals surface area contributed by atoms with Crippen LogP contribution in [-0.2, 0) is 12.7 Å². The van der Waals surface area contributed by atoms with Crippen LogP contribution in [0.5, 0.6) is 0 Å². The Hall–Kier alpha value is 0.271. The molecule has 0 aromatic rings. The van der Waals surface area contributed by atoms with Gasteiger partial charge in [-0.2, -0.15) is 0 Å². The summed E-state index contributed by atoms with van der Waals surface area (Å²) in [4.78, 5) is 0. The smallest absolute Gasteiger partial charge is 0.416 e. The van der Waals surface area contributed by atoms with E-state index in [0.29, 0.717) is 0 Å². The maximum atomic E-state index is 5.80. The first kappa shape index (κ1) is 13.3. The van der Waals surface area contributed by atoms with Gasteiger partial charge in [0.2, 0.25) is 0 Å². The summed E-state index contributed by atoms with van der Waals surface area (Å²) in [7, 11) is -3.10. The maximum Gasteiger partial charge on any atom is 0.507 e. The highest BCUT2D eigenvalue weighted by Gasteiger charge is 2.37. The van der Waals surface area contributed by atoms with Crippen molar-refractivity contribution in [2.45, 2.75) is 26.2 Å². The molecule has 0 spiro atoms. The van der Waals surface area contributed by atoms with Crippen molar-refractivity contribution in [3.05, 3.63) is 12.3 Å². The molecular weight excluding hydrogens is 216 g/mol. The molecule has 0 saturated heterocycles. The molecule has 3 nitrogen and oxygen atoms in total. The van der Waals surface area contributed by atoms with Crippen LogP contribution < -0.4 is 0 Å². The second-order valence-electron chi connectivity index (χ2n) is 3.35. The molecule has 0 aliphatic heterocycles. The second kappa shape index (κ2) is 5.89. The third-order valence-electron chi connectivity index (χ3n) is 1.33. The lowest BCUT2D eigenvalue weighted by molar-refractivity contribution is 0.224. The van der Waals surface area contributed by atoms with Crippen LogP contribution in [0.4, 0.5) is 0 Å². The molecule has 0 fully saturated rings. The Morgan fingerprint density at radius 1 is 1.08 bits per heavy atom. The fourth-order valence-corrected chi connectivity index (χ4v) is 8.65. The second-order valence-corrected chi connectivity index (χ2v) is 11.4. The van der Waals surface area contributed by atoms with E-state index < -0.39 is 26.9 Å². The lowest BCUT2D eigenvalue weighted by atomic mass is 11.3. The lowest BCUT2D eigenvalue weighted by Gasteiger charge is -2.29. The first-order valence-corrected chi connectivity index (χ1v) is 11.9. The van der Waals surface area contributed by atoms with Gasteiger partial charge in [-0.25, -0.2) is 0 Å². The summed E-state index contributed by atoms with van der Waals surface area (Å²) in [5, 5.41) is 0. The van der Waals surface area contributed by atoms with Gasteiger partial charge >= 0.3 is 8.80 Å². The molecule has 0 aliphatic rings. The zero-order valence-corrected chi connectivity index (χ0v) is 12.5. The van der Waals surface area contributed by atoms with Gasteiger partial charge in [-0.1, -0.05) is 6.58 Å². The molecule has 0 atom stereocenters. The van der Waals surface area contributed by atoms with Gasteiger partial charge in [-0.3, -0.25) is 0 Å². The van der Waals surface area contributed by atoms with E-state index >= 15 is 0 Å². The molecule has 0 saturated carbocycles. The minimum absolute atomic E-state index is 1.13. The van der Waals surface area contributed by atoms with Crippen LogP contribution in [0.3, 0.4) is 0 Å². The van der Waals surface area contributed by atoms with E-state index in [4.69, 9.17) is 12.7 Å². The van der Waals surface area contributed by atoms with Crippen molar-refractivity contribution in [2.24, 2.45) is 0 Å².